The SMILES string of the molecule is Cc1nccn1CCN1CCCC(C)(C(=O)O)C1. The summed E-state index contributed by atoms with van der Waals surface area (Å²) >= 11 is 0. The molecule has 0 aromatic carbocycles. The van der Waals surface area contributed by atoms with Crippen LogP contribution in [0.4, 0.5) is 0 Å². The zero-order valence-corrected chi connectivity index (χ0v) is 11.1. The average molecular weight is 251 g/mol. The van der Waals surface area contributed by atoms with Crippen molar-refractivity contribution in [1.82, 2.24) is 14.5 Å². The van der Waals surface area contributed by atoms with Crippen molar-refractivity contribution in [2.45, 2.75) is 33.2 Å². The van der Waals surface area contributed by atoms with Gasteiger partial charge in [-0.05, 0) is 33.2 Å². The van der Waals surface area contributed by atoms with E-state index < -0.39 is 11.4 Å². The number of carbonyl (C=O) groups is 1. The van der Waals surface area contributed by atoms with Gasteiger partial charge in [0.25, 0.3) is 0 Å². The molecule has 1 aliphatic heterocycles. The molecule has 1 saturated heterocycles. The van der Waals surface area contributed by atoms with E-state index in [-0.39, 0.29) is 0 Å². The van der Waals surface area contributed by atoms with Crippen LogP contribution in [0.1, 0.15) is 25.6 Å². The molecule has 2 heterocycles. The summed E-state index contributed by atoms with van der Waals surface area (Å²) < 4.78 is 2.10. The lowest BCUT2D eigenvalue weighted by atomic mass is 9.82. The maximum atomic E-state index is 11.3. The van der Waals surface area contributed by atoms with Crippen LogP contribution >= 0.6 is 0 Å². The molecule has 1 aromatic heterocycles. The molecule has 0 spiro atoms. The Morgan fingerprint density at radius 2 is 2.33 bits per heavy atom. The van der Waals surface area contributed by atoms with Gasteiger partial charge in [0.05, 0.1) is 5.41 Å². The van der Waals surface area contributed by atoms with Crippen LogP contribution in [0.5, 0.6) is 0 Å². The maximum Gasteiger partial charge on any atom is 0.310 e. The number of hydrogen-bond donors (Lipinski definition) is 1. The number of aliphatic carboxylic acids is 1. The third-order valence-electron chi connectivity index (χ3n) is 3.87. The molecule has 5 nitrogen and oxygen atoms in total. The van der Waals surface area contributed by atoms with Crippen LogP contribution in [0, 0.1) is 12.3 Å². The molecule has 100 valence electrons. The Kier molecular flexibility index (Phi) is 3.71. The average Bonchev–Trinajstić information content (AvgIpc) is 2.72. The minimum absolute atomic E-state index is 0.581. The highest BCUT2D eigenvalue weighted by molar-refractivity contribution is 5.74. The number of hydrogen-bond acceptors (Lipinski definition) is 3. The van der Waals surface area contributed by atoms with Crippen molar-refractivity contribution >= 4 is 5.97 Å². The molecule has 0 radical (unpaired) electrons. The van der Waals surface area contributed by atoms with Gasteiger partial charge in [0.2, 0.25) is 0 Å². The van der Waals surface area contributed by atoms with Crippen LogP contribution in [0.3, 0.4) is 0 Å². The second-order valence-corrected chi connectivity index (χ2v) is 5.41. The highest BCUT2D eigenvalue weighted by Crippen LogP contribution is 2.29. The predicted octanol–water partition coefficient (Wildman–Crippen LogP) is 1.38. The molecule has 2 rings (SSSR count). The number of carboxylic acids is 1. The van der Waals surface area contributed by atoms with Crippen molar-refractivity contribution in [2.24, 2.45) is 5.41 Å². The van der Waals surface area contributed by atoms with Gasteiger partial charge in [-0.3, -0.25) is 4.79 Å². The molecule has 0 saturated carbocycles. The second-order valence-electron chi connectivity index (χ2n) is 5.41. The van der Waals surface area contributed by atoms with Crippen LogP contribution in [-0.2, 0) is 11.3 Å². The third kappa shape index (κ3) is 2.72. The summed E-state index contributed by atoms with van der Waals surface area (Å²) in [5.41, 5.74) is -0.581. The van der Waals surface area contributed by atoms with Crippen molar-refractivity contribution in [3.63, 3.8) is 0 Å². The van der Waals surface area contributed by atoms with E-state index in [9.17, 15) is 9.90 Å². The van der Waals surface area contributed by atoms with E-state index in [1.165, 1.54) is 0 Å². The number of piperidine rings is 1. The van der Waals surface area contributed by atoms with Crippen molar-refractivity contribution in [2.75, 3.05) is 19.6 Å². The first-order valence-corrected chi connectivity index (χ1v) is 6.45. The van der Waals surface area contributed by atoms with E-state index >= 15 is 0 Å². The Bertz CT molecular complexity index is 430. The normalized spacial score (nSPS) is 25.2. The Balaban J connectivity index is 1.90. The quantitative estimate of drug-likeness (QED) is 0.878. The summed E-state index contributed by atoms with van der Waals surface area (Å²) in [4.78, 5) is 17.7. The predicted molar refractivity (Wildman–Crippen MR) is 68.4 cm³/mol. The molecule has 0 aliphatic carbocycles. The molecule has 5 heteroatoms. The number of carboxylic acid groups (broad SMARTS) is 1. The van der Waals surface area contributed by atoms with E-state index in [1.54, 1.807) is 6.20 Å². The number of likely N-dealkylation sites (tertiary alicyclic amines) is 1. The fourth-order valence-corrected chi connectivity index (χ4v) is 2.60. The topological polar surface area (TPSA) is 58.4 Å². The summed E-state index contributed by atoms with van der Waals surface area (Å²) in [6, 6.07) is 0. The molecule has 1 N–H and O–H groups in total. The molecular weight excluding hydrogens is 230 g/mol. The molecule has 1 fully saturated rings. The second kappa shape index (κ2) is 5.10. The van der Waals surface area contributed by atoms with Crippen LogP contribution in [0.2, 0.25) is 0 Å². The molecule has 1 unspecified atom stereocenters. The summed E-state index contributed by atoms with van der Waals surface area (Å²) in [6.07, 6.45) is 5.51. The lowest BCUT2D eigenvalue weighted by Crippen LogP contribution is -2.46. The summed E-state index contributed by atoms with van der Waals surface area (Å²) in [6.45, 7) is 7.25. The van der Waals surface area contributed by atoms with E-state index in [2.05, 4.69) is 14.5 Å². The summed E-state index contributed by atoms with van der Waals surface area (Å²) in [5, 5.41) is 9.27. The summed E-state index contributed by atoms with van der Waals surface area (Å²) in [7, 11) is 0. The highest BCUT2D eigenvalue weighted by Gasteiger charge is 2.37. The smallest absolute Gasteiger partial charge is 0.310 e. The first-order valence-electron chi connectivity index (χ1n) is 6.45. The van der Waals surface area contributed by atoms with Gasteiger partial charge in [0, 0.05) is 32.0 Å². The molecular formula is C13H21N3O2. The number of rotatable bonds is 4. The van der Waals surface area contributed by atoms with Crippen LogP contribution in [0.15, 0.2) is 12.4 Å². The Morgan fingerprint density at radius 1 is 1.56 bits per heavy atom. The first-order chi connectivity index (χ1) is 8.51. The van der Waals surface area contributed by atoms with E-state index in [4.69, 9.17) is 0 Å². The first kappa shape index (κ1) is 13.1. The highest BCUT2D eigenvalue weighted by atomic mass is 16.4. The monoisotopic (exact) mass is 251 g/mol. The lowest BCUT2D eigenvalue weighted by molar-refractivity contribution is -0.151. The van der Waals surface area contributed by atoms with Gasteiger partial charge in [-0.1, -0.05) is 0 Å². The van der Waals surface area contributed by atoms with Gasteiger partial charge in [0.1, 0.15) is 5.82 Å². The van der Waals surface area contributed by atoms with E-state index in [0.717, 1.165) is 38.3 Å². The summed E-state index contributed by atoms with van der Waals surface area (Å²) in [5.74, 6) is 0.332. The van der Waals surface area contributed by atoms with Gasteiger partial charge in [0.15, 0.2) is 0 Å². The van der Waals surface area contributed by atoms with E-state index in [0.29, 0.717) is 6.54 Å². The van der Waals surface area contributed by atoms with Gasteiger partial charge >= 0.3 is 5.97 Å². The molecule has 0 bridgehead atoms. The zero-order chi connectivity index (χ0) is 13.2. The number of aryl methyl sites for hydroxylation is 1. The largest absolute Gasteiger partial charge is 0.481 e. The molecule has 1 aromatic rings. The van der Waals surface area contributed by atoms with Crippen LogP contribution in [0.25, 0.3) is 0 Å². The van der Waals surface area contributed by atoms with Gasteiger partial charge in [-0.2, -0.15) is 0 Å². The standard InChI is InChI=1S/C13H21N3O2/c1-11-14-5-7-16(11)9-8-15-6-3-4-13(2,10-15)12(17)18/h5,7H,3-4,6,8-10H2,1-2H3,(H,17,18). The van der Waals surface area contributed by atoms with E-state index in [1.807, 2.05) is 20.0 Å². The Hall–Kier alpha value is -1.36. The lowest BCUT2D eigenvalue weighted by Gasteiger charge is -2.37. The van der Waals surface area contributed by atoms with Crippen molar-refractivity contribution < 1.29 is 9.90 Å². The van der Waals surface area contributed by atoms with Crippen molar-refractivity contribution in [3.8, 4) is 0 Å². The molecule has 18 heavy (non-hydrogen) atoms. The zero-order valence-electron chi connectivity index (χ0n) is 11.1. The van der Waals surface area contributed by atoms with Crippen LogP contribution < -0.4 is 0 Å². The minimum Gasteiger partial charge on any atom is -0.481 e. The van der Waals surface area contributed by atoms with Gasteiger partial charge in [-0.25, -0.2) is 4.98 Å². The van der Waals surface area contributed by atoms with Gasteiger partial charge < -0.3 is 14.6 Å². The fourth-order valence-electron chi connectivity index (χ4n) is 2.60. The van der Waals surface area contributed by atoms with Crippen molar-refractivity contribution in [1.29, 1.82) is 0 Å². The van der Waals surface area contributed by atoms with Gasteiger partial charge in [-0.15, -0.1) is 0 Å². The Morgan fingerprint density at radius 3 is 2.94 bits per heavy atom. The maximum absolute atomic E-state index is 11.3. The third-order valence-corrected chi connectivity index (χ3v) is 3.87. The Labute approximate surface area is 107 Å². The van der Waals surface area contributed by atoms with Crippen LogP contribution in [-0.4, -0.2) is 45.2 Å². The molecule has 0 amide bonds. The number of nitrogens with zero attached hydrogens (tertiary/aromatic N) is 3. The molecule has 1 aliphatic rings. The number of imidazole rings is 1. The minimum atomic E-state index is -0.675. The fraction of sp³-hybridized carbons (Fsp3) is 0.692. The number of aromatic nitrogens is 2. The molecule has 1 atom stereocenters. The van der Waals surface area contributed by atoms with Crippen molar-refractivity contribution in [3.05, 3.63) is 18.2 Å².